The van der Waals surface area contributed by atoms with Gasteiger partial charge in [-0.3, -0.25) is 4.79 Å². The molecule has 1 aliphatic heterocycles. The summed E-state index contributed by atoms with van der Waals surface area (Å²) in [5.41, 5.74) is 1.04. The molecule has 1 saturated heterocycles. The minimum atomic E-state index is -4.47. The van der Waals surface area contributed by atoms with Gasteiger partial charge in [0, 0.05) is 13.1 Å². The van der Waals surface area contributed by atoms with Crippen molar-refractivity contribution >= 4 is 17.3 Å². The molecule has 0 aromatic heterocycles. The second kappa shape index (κ2) is 8.54. The van der Waals surface area contributed by atoms with Gasteiger partial charge in [-0.05, 0) is 56.5 Å². The van der Waals surface area contributed by atoms with Crippen molar-refractivity contribution in [2.75, 3.05) is 29.9 Å². The fourth-order valence-electron chi connectivity index (χ4n) is 3.19. The average Bonchev–Trinajstić information content (AvgIpc) is 2.67. The zero-order valence-electron chi connectivity index (χ0n) is 15.7. The fourth-order valence-corrected chi connectivity index (χ4v) is 3.19. The molecule has 1 N–H and O–H groups in total. The van der Waals surface area contributed by atoms with E-state index >= 15 is 0 Å². The van der Waals surface area contributed by atoms with Crippen LogP contribution in [0.1, 0.15) is 30.4 Å². The Hall–Kier alpha value is -2.70. The third-order valence-corrected chi connectivity index (χ3v) is 4.69. The van der Waals surface area contributed by atoms with Crippen LogP contribution in [0.5, 0.6) is 5.75 Å². The number of hydrogen-bond acceptors (Lipinski definition) is 3. The maximum Gasteiger partial charge on any atom is 0.416 e. The molecule has 28 heavy (non-hydrogen) atoms. The van der Waals surface area contributed by atoms with Crippen molar-refractivity contribution in [3.63, 3.8) is 0 Å². The largest absolute Gasteiger partial charge is 0.484 e. The molecular formula is C21H23F3N2O2. The van der Waals surface area contributed by atoms with Crippen molar-refractivity contribution in [3.05, 3.63) is 53.6 Å². The molecule has 0 radical (unpaired) electrons. The third-order valence-electron chi connectivity index (χ3n) is 4.69. The van der Waals surface area contributed by atoms with E-state index in [4.69, 9.17) is 4.74 Å². The number of anilines is 2. The first kappa shape index (κ1) is 20.0. The predicted molar refractivity (Wildman–Crippen MR) is 103 cm³/mol. The molecule has 7 heteroatoms. The lowest BCUT2D eigenvalue weighted by molar-refractivity contribution is -0.137. The summed E-state index contributed by atoms with van der Waals surface area (Å²) in [4.78, 5) is 14.3. The Morgan fingerprint density at radius 2 is 1.75 bits per heavy atom. The first-order valence-corrected chi connectivity index (χ1v) is 9.28. The van der Waals surface area contributed by atoms with Gasteiger partial charge in [-0.1, -0.05) is 17.7 Å². The number of nitrogens with zero attached hydrogens (tertiary/aromatic N) is 1. The van der Waals surface area contributed by atoms with E-state index in [1.54, 1.807) is 12.1 Å². The number of benzene rings is 2. The van der Waals surface area contributed by atoms with Crippen LogP contribution in [-0.2, 0) is 11.0 Å². The van der Waals surface area contributed by atoms with Crippen molar-refractivity contribution in [1.82, 2.24) is 0 Å². The number of aryl methyl sites for hydroxylation is 1. The van der Waals surface area contributed by atoms with Gasteiger partial charge in [-0.2, -0.15) is 13.2 Å². The maximum atomic E-state index is 13.1. The van der Waals surface area contributed by atoms with Gasteiger partial charge in [0.05, 0.1) is 16.9 Å². The normalized spacial score (nSPS) is 14.6. The molecule has 0 saturated carbocycles. The molecule has 1 fully saturated rings. The van der Waals surface area contributed by atoms with Gasteiger partial charge in [-0.25, -0.2) is 0 Å². The molecule has 0 unspecified atom stereocenters. The lowest BCUT2D eigenvalue weighted by Gasteiger charge is -2.31. The molecule has 2 aromatic carbocycles. The number of hydrogen-bond donors (Lipinski definition) is 1. The summed E-state index contributed by atoms with van der Waals surface area (Å²) in [5.74, 6) is 0.0270. The van der Waals surface area contributed by atoms with Crippen LogP contribution in [0.15, 0.2) is 42.5 Å². The molecule has 150 valence electrons. The molecule has 0 spiro atoms. The molecule has 0 bridgehead atoms. The highest BCUT2D eigenvalue weighted by Crippen LogP contribution is 2.36. The maximum absolute atomic E-state index is 13.1. The topological polar surface area (TPSA) is 41.6 Å². The monoisotopic (exact) mass is 392 g/mol. The highest BCUT2D eigenvalue weighted by Gasteiger charge is 2.31. The van der Waals surface area contributed by atoms with E-state index in [1.165, 1.54) is 6.07 Å². The molecule has 4 nitrogen and oxygen atoms in total. The highest BCUT2D eigenvalue weighted by molar-refractivity contribution is 5.95. The minimum Gasteiger partial charge on any atom is -0.484 e. The van der Waals surface area contributed by atoms with Gasteiger partial charge >= 0.3 is 6.18 Å². The van der Waals surface area contributed by atoms with Gasteiger partial charge < -0.3 is 15.0 Å². The van der Waals surface area contributed by atoms with Crippen LogP contribution >= 0.6 is 0 Å². The number of rotatable bonds is 5. The van der Waals surface area contributed by atoms with E-state index in [-0.39, 0.29) is 12.3 Å². The Labute approximate surface area is 162 Å². The molecule has 0 aliphatic carbocycles. The predicted octanol–water partition coefficient (Wildman–Crippen LogP) is 5.02. The quantitative estimate of drug-likeness (QED) is 0.777. The van der Waals surface area contributed by atoms with E-state index < -0.39 is 17.6 Å². The van der Waals surface area contributed by atoms with Gasteiger partial charge in [0.1, 0.15) is 5.75 Å². The number of nitrogens with one attached hydrogen (secondary N) is 1. The number of alkyl halides is 3. The van der Waals surface area contributed by atoms with E-state index in [0.717, 1.165) is 50.0 Å². The zero-order valence-corrected chi connectivity index (χ0v) is 15.7. The summed E-state index contributed by atoms with van der Waals surface area (Å²) >= 11 is 0. The van der Waals surface area contributed by atoms with Gasteiger partial charge in [0.15, 0.2) is 6.61 Å². The number of amides is 1. The van der Waals surface area contributed by atoms with Crippen molar-refractivity contribution in [3.8, 4) is 5.75 Å². The summed E-state index contributed by atoms with van der Waals surface area (Å²) < 4.78 is 44.8. The van der Waals surface area contributed by atoms with Crippen LogP contribution in [0.2, 0.25) is 0 Å². The number of piperidine rings is 1. The summed E-state index contributed by atoms with van der Waals surface area (Å²) in [6.45, 7) is 3.17. The molecule has 1 aliphatic rings. The molecule has 1 heterocycles. The summed E-state index contributed by atoms with van der Waals surface area (Å²) in [6.07, 6.45) is -1.42. The Morgan fingerprint density at radius 3 is 2.39 bits per heavy atom. The fraction of sp³-hybridized carbons (Fsp3) is 0.381. The number of ether oxygens (including phenoxy) is 1. The lowest BCUT2D eigenvalue weighted by atomic mass is 10.1. The van der Waals surface area contributed by atoms with Crippen LogP contribution in [0.4, 0.5) is 24.5 Å². The van der Waals surface area contributed by atoms with Gasteiger partial charge in [0.25, 0.3) is 5.91 Å². The molecule has 2 aromatic rings. The van der Waals surface area contributed by atoms with Crippen molar-refractivity contribution in [2.24, 2.45) is 0 Å². The second-order valence-electron chi connectivity index (χ2n) is 6.93. The first-order chi connectivity index (χ1) is 13.3. The third kappa shape index (κ3) is 5.18. The van der Waals surface area contributed by atoms with Crippen LogP contribution < -0.4 is 15.0 Å². The van der Waals surface area contributed by atoms with E-state index in [1.807, 2.05) is 24.0 Å². The van der Waals surface area contributed by atoms with Crippen LogP contribution in [0.3, 0.4) is 0 Å². The Balaban J connectivity index is 1.75. The minimum absolute atomic E-state index is 0.161. The van der Waals surface area contributed by atoms with Crippen molar-refractivity contribution in [2.45, 2.75) is 32.4 Å². The molecular weight excluding hydrogens is 369 g/mol. The number of carbonyl (C=O) groups is 1. The summed E-state index contributed by atoms with van der Waals surface area (Å²) in [7, 11) is 0. The molecule has 1 amide bonds. The molecule has 0 atom stereocenters. The molecule has 3 rings (SSSR count). The average molecular weight is 392 g/mol. The van der Waals surface area contributed by atoms with Crippen LogP contribution in [0.25, 0.3) is 0 Å². The number of halogens is 3. The van der Waals surface area contributed by atoms with Gasteiger partial charge in [0.2, 0.25) is 0 Å². The highest BCUT2D eigenvalue weighted by atomic mass is 19.4. The van der Waals surface area contributed by atoms with Crippen molar-refractivity contribution in [1.29, 1.82) is 0 Å². The smallest absolute Gasteiger partial charge is 0.416 e. The van der Waals surface area contributed by atoms with Crippen LogP contribution in [0, 0.1) is 6.92 Å². The Kier molecular flexibility index (Phi) is 6.11. The standard InChI is InChI=1S/C21H23F3N2O2/c1-15-5-8-17(9-6-15)28-14-20(27)25-18-13-16(21(22,23)24)7-10-19(18)26-11-3-2-4-12-26/h5-10,13H,2-4,11-12,14H2,1H3,(H,25,27). The first-order valence-electron chi connectivity index (χ1n) is 9.28. The van der Waals surface area contributed by atoms with E-state index in [2.05, 4.69) is 5.32 Å². The summed E-state index contributed by atoms with van der Waals surface area (Å²) in [5, 5.41) is 2.60. The van der Waals surface area contributed by atoms with Gasteiger partial charge in [-0.15, -0.1) is 0 Å². The van der Waals surface area contributed by atoms with Crippen LogP contribution in [-0.4, -0.2) is 25.6 Å². The van der Waals surface area contributed by atoms with Crippen molar-refractivity contribution < 1.29 is 22.7 Å². The van der Waals surface area contributed by atoms with E-state index in [0.29, 0.717) is 11.4 Å². The summed E-state index contributed by atoms with van der Waals surface area (Å²) in [6, 6.07) is 10.7. The number of carbonyl (C=O) groups excluding carboxylic acids is 1. The van der Waals surface area contributed by atoms with E-state index in [9.17, 15) is 18.0 Å². The SMILES string of the molecule is Cc1ccc(OCC(=O)Nc2cc(C(F)(F)F)ccc2N2CCCCC2)cc1. The lowest BCUT2D eigenvalue weighted by Crippen LogP contribution is -2.31. The zero-order chi connectivity index (χ0) is 20.1. The Morgan fingerprint density at radius 1 is 1.07 bits per heavy atom. The second-order valence-corrected chi connectivity index (χ2v) is 6.93. The Bertz CT molecular complexity index is 813.